The third-order valence-electron chi connectivity index (χ3n) is 3.89. The molecular formula is C21H21ClN2O. The first kappa shape index (κ1) is 17.3. The van der Waals surface area contributed by atoms with Crippen LogP contribution in [-0.2, 0) is 13.0 Å². The van der Waals surface area contributed by atoms with E-state index in [4.69, 9.17) is 22.1 Å². The predicted molar refractivity (Wildman–Crippen MR) is 104 cm³/mol. The van der Waals surface area contributed by atoms with Crippen molar-refractivity contribution in [1.82, 2.24) is 5.32 Å². The highest BCUT2D eigenvalue weighted by Crippen LogP contribution is 2.27. The maximum atomic E-state index is 6.38. The normalized spacial score (nSPS) is 10.6. The van der Waals surface area contributed by atoms with Gasteiger partial charge in [-0.2, -0.15) is 0 Å². The Morgan fingerprint density at radius 2 is 1.60 bits per heavy atom. The number of benzene rings is 3. The van der Waals surface area contributed by atoms with Gasteiger partial charge in [0.2, 0.25) is 0 Å². The molecule has 0 aliphatic rings. The Bertz CT molecular complexity index is 804. The average molecular weight is 353 g/mol. The van der Waals surface area contributed by atoms with Crippen molar-refractivity contribution in [3.63, 3.8) is 0 Å². The van der Waals surface area contributed by atoms with Gasteiger partial charge in [-0.25, -0.2) is 0 Å². The van der Waals surface area contributed by atoms with Crippen LogP contribution in [0, 0.1) is 0 Å². The largest absolute Gasteiger partial charge is 0.457 e. The number of nitrogens with two attached hydrogens (primary N) is 1. The highest BCUT2D eigenvalue weighted by Gasteiger charge is 2.04. The summed E-state index contributed by atoms with van der Waals surface area (Å²) in [4.78, 5) is 0. The van der Waals surface area contributed by atoms with Crippen LogP contribution in [-0.4, -0.2) is 6.54 Å². The van der Waals surface area contributed by atoms with Gasteiger partial charge in [0.25, 0.3) is 0 Å². The molecule has 0 bridgehead atoms. The summed E-state index contributed by atoms with van der Waals surface area (Å²) in [5, 5.41) is 4.12. The molecule has 25 heavy (non-hydrogen) atoms. The Morgan fingerprint density at radius 1 is 0.880 bits per heavy atom. The molecule has 0 fully saturated rings. The predicted octanol–water partition coefficient (Wildman–Crippen LogP) is 5.05. The fraction of sp³-hybridized carbons (Fsp3) is 0.143. The van der Waals surface area contributed by atoms with Crippen LogP contribution in [0.15, 0.2) is 72.8 Å². The number of anilines is 1. The lowest BCUT2D eigenvalue weighted by Crippen LogP contribution is -2.16. The standard InChI is InChI=1S/C21H21ClN2O/c22-21-14-20(25-19-10-7-18(23)8-11-19)9-6-17(21)15-24-13-12-16-4-2-1-3-5-16/h1-11,14,24H,12-13,15,23H2. The quantitative estimate of drug-likeness (QED) is 0.462. The Labute approximate surface area is 153 Å². The van der Waals surface area contributed by atoms with Crippen molar-refractivity contribution >= 4 is 17.3 Å². The second-order valence-electron chi connectivity index (χ2n) is 5.84. The van der Waals surface area contributed by atoms with Gasteiger partial charge >= 0.3 is 0 Å². The molecule has 0 amide bonds. The lowest BCUT2D eigenvalue weighted by molar-refractivity contribution is 0.482. The van der Waals surface area contributed by atoms with E-state index in [-0.39, 0.29) is 0 Å². The van der Waals surface area contributed by atoms with Crippen molar-refractivity contribution in [2.24, 2.45) is 0 Å². The minimum atomic E-state index is 0.695. The van der Waals surface area contributed by atoms with Gasteiger partial charge in [0.15, 0.2) is 0 Å². The Balaban J connectivity index is 1.52. The minimum absolute atomic E-state index is 0.695. The van der Waals surface area contributed by atoms with Crippen LogP contribution in [0.4, 0.5) is 5.69 Å². The van der Waals surface area contributed by atoms with Crippen LogP contribution in [0.5, 0.6) is 11.5 Å². The van der Waals surface area contributed by atoms with Gasteiger partial charge in [0.1, 0.15) is 11.5 Å². The molecular weight excluding hydrogens is 332 g/mol. The van der Waals surface area contributed by atoms with Gasteiger partial charge in [-0.3, -0.25) is 0 Å². The molecule has 0 unspecified atom stereocenters. The lowest BCUT2D eigenvalue weighted by Gasteiger charge is -2.10. The van der Waals surface area contributed by atoms with Crippen molar-refractivity contribution in [1.29, 1.82) is 0 Å². The number of ether oxygens (including phenoxy) is 1. The zero-order valence-corrected chi connectivity index (χ0v) is 14.7. The van der Waals surface area contributed by atoms with Gasteiger partial charge in [-0.15, -0.1) is 0 Å². The molecule has 0 saturated heterocycles. The molecule has 3 aromatic rings. The summed E-state index contributed by atoms with van der Waals surface area (Å²) in [5.74, 6) is 1.45. The van der Waals surface area contributed by atoms with Gasteiger partial charge < -0.3 is 15.8 Å². The maximum Gasteiger partial charge on any atom is 0.128 e. The number of rotatable bonds is 7. The summed E-state index contributed by atoms with van der Waals surface area (Å²) < 4.78 is 5.79. The zero-order chi connectivity index (χ0) is 17.5. The average Bonchev–Trinajstić information content (AvgIpc) is 2.63. The Hall–Kier alpha value is -2.49. The smallest absolute Gasteiger partial charge is 0.128 e. The zero-order valence-electron chi connectivity index (χ0n) is 13.9. The third kappa shape index (κ3) is 5.24. The summed E-state index contributed by atoms with van der Waals surface area (Å²) in [6.45, 7) is 1.64. The summed E-state index contributed by atoms with van der Waals surface area (Å²) in [5.41, 5.74) is 8.77. The van der Waals surface area contributed by atoms with Crippen molar-refractivity contribution in [2.75, 3.05) is 12.3 Å². The number of hydrogen-bond donors (Lipinski definition) is 2. The Morgan fingerprint density at radius 3 is 2.32 bits per heavy atom. The molecule has 3 N–H and O–H groups in total. The van der Waals surface area contributed by atoms with E-state index < -0.39 is 0 Å². The molecule has 0 saturated carbocycles. The molecule has 0 aliphatic heterocycles. The molecule has 3 nitrogen and oxygen atoms in total. The second kappa shape index (κ2) is 8.56. The maximum absolute atomic E-state index is 6.38. The first-order chi connectivity index (χ1) is 12.2. The van der Waals surface area contributed by atoms with Crippen LogP contribution in [0.2, 0.25) is 5.02 Å². The minimum Gasteiger partial charge on any atom is -0.457 e. The molecule has 0 atom stereocenters. The molecule has 3 rings (SSSR count). The first-order valence-electron chi connectivity index (χ1n) is 8.27. The van der Waals surface area contributed by atoms with E-state index in [1.54, 1.807) is 0 Å². The first-order valence-corrected chi connectivity index (χ1v) is 8.65. The topological polar surface area (TPSA) is 47.3 Å². The highest BCUT2D eigenvalue weighted by atomic mass is 35.5. The van der Waals surface area contributed by atoms with Crippen LogP contribution in [0.1, 0.15) is 11.1 Å². The van der Waals surface area contributed by atoms with Gasteiger partial charge in [0.05, 0.1) is 0 Å². The van der Waals surface area contributed by atoms with Crippen molar-refractivity contribution in [2.45, 2.75) is 13.0 Å². The van der Waals surface area contributed by atoms with Gasteiger partial charge in [-0.1, -0.05) is 48.0 Å². The van der Waals surface area contributed by atoms with Gasteiger partial charge in [-0.05, 0) is 60.5 Å². The number of halogens is 1. The molecule has 128 valence electrons. The molecule has 0 spiro atoms. The monoisotopic (exact) mass is 352 g/mol. The molecule has 0 radical (unpaired) electrons. The van der Waals surface area contributed by atoms with Crippen LogP contribution < -0.4 is 15.8 Å². The summed E-state index contributed by atoms with van der Waals surface area (Å²) in [6, 6.07) is 23.5. The van der Waals surface area contributed by atoms with Crippen LogP contribution >= 0.6 is 11.6 Å². The van der Waals surface area contributed by atoms with Crippen molar-refractivity contribution in [3.05, 3.63) is 88.9 Å². The van der Waals surface area contributed by atoms with Gasteiger partial charge in [0, 0.05) is 17.3 Å². The highest BCUT2D eigenvalue weighted by molar-refractivity contribution is 6.31. The summed E-state index contributed by atoms with van der Waals surface area (Å²) in [6.07, 6.45) is 0.997. The third-order valence-corrected chi connectivity index (χ3v) is 4.24. The SMILES string of the molecule is Nc1ccc(Oc2ccc(CNCCc3ccccc3)c(Cl)c2)cc1. The molecule has 0 aliphatic carbocycles. The van der Waals surface area contributed by atoms with E-state index in [0.29, 0.717) is 16.5 Å². The van der Waals surface area contributed by atoms with Crippen molar-refractivity contribution in [3.8, 4) is 11.5 Å². The molecule has 0 aromatic heterocycles. The number of nitrogens with one attached hydrogen (secondary N) is 1. The molecule has 0 heterocycles. The van der Waals surface area contributed by atoms with E-state index >= 15 is 0 Å². The van der Waals surface area contributed by atoms with E-state index in [0.717, 1.165) is 30.8 Å². The number of hydrogen-bond acceptors (Lipinski definition) is 3. The fourth-order valence-corrected chi connectivity index (χ4v) is 2.74. The Kier molecular flexibility index (Phi) is 5.94. The van der Waals surface area contributed by atoms with Crippen molar-refractivity contribution < 1.29 is 4.74 Å². The summed E-state index contributed by atoms with van der Waals surface area (Å²) >= 11 is 6.38. The fourth-order valence-electron chi connectivity index (χ4n) is 2.51. The second-order valence-corrected chi connectivity index (χ2v) is 6.24. The number of nitrogen functional groups attached to an aromatic ring is 1. The summed E-state index contributed by atoms with van der Waals surface area (Å²) in [7, 11) is 0. The van der Waals surface area contributed by atoms with E-state index in [1.807, 2.05) is 48.5 Å². The van der Waals surface area contributed by atoms with Crippen LogP contribution in [0.3, 0.4) is 0 Å². The van der Waals surface area contributed by atoms with E-state index in [1.165, 1.54) is 5.56 Å². The molecule has 3 aromatic carbocycles. The van der Waals surface area contributed by atoms with E-state index in [2.05, 4.69) is 29.6 Å². The van der Waals surface area contributed by atoms with E-state index in [9.17, 15) is 0 Å². The molecule has 4 heteroatoms. The van der Waals surface area contributed by atoms with Crippen LogP contribution in [0.25, 0.3) is 0 Å². The lowest BCUT2D eigenvalue weighted by atomic mass is 10.1.